The van der Waals surface area contributed by atoms with E-state index in [1.807, 2.05) is 6.08 Å². The van der Waals surface area contributed by atoms with Crippen LogP contribution in [0.4, 0.5) is 0 Å². The number of allylic oxidation sites excluding steroid dienone is 1. The molecule has 0 amide bonds. The fraction of sp³-hybridized carbons (Fsp3) is 0.800. The lowest BCUT2D eigenvalue weighted by molar-refractivity contribution is 0.134. The quantitative estimate of drug-likeness (QED) is 0.441. The van der Waals surface area contributed by atoms with Crippen molar-refractivity contribution >= 4 is 0 Å². The summed E-state index contributed by atoms with van der Waals surface area (Å²) in [6.45, 7) is 6.40. The molecule has 0 aromatic carbocycles. The van der Waals surface area contributed by atoms with Gasteiger partial charge in [-0.25, -0.2) is 0 Å². The van der Waals surface area contributed by atoms with Crippen LogP contribution >= 0.6 is 0 Å². The maximum absolute atomic E-state index is 5.40. The molecule has 0 atom stereocenters. The summed E-state index contributed by atoms with van der Waals surface area (Å²) in [5.41, 5.74) is 0. The van der Waals surface area contributed by atoms with E-state index in [2.05, 4.69) is 11.9 Å². The fourth-order valence-corrected chi connectivity index (χ4v) is 1.05. The second-order valence-electron chi connectivity index (χ2n) is 3.27. The maximum Gasteiger partial charge on any atom is 0.0591 e. The van der Waals surface area contributed by atoms with Crippen LogP contribution in [-0.2, 0) is 4.74 Å². The molecular formula is C10H19NO. The van der Waals surface area contributed by atoms with Gasteiger partial charge >= 0.3 is 0 Å². The summed E-state index contributed by atoms with van der Waals surface area (Å²) in [7, 11) is 0. The monoisotopic (exact) mass is 169 g/mol. The lowest BCUT2D eigenvalue weighted by atomic mass is 10.3. The van der Waals surface area contributed by atoms with E-state index in [0.29, 0.717) is 0 Å². The molecule has 0 spiro atoms. The number of rotatable bonds is 8. The van der Waals surface area contributed by atoms with Crippen LogP contribution < -0.4 is 5.32 Å². The van der Waals surface area contributed by atoms with Crippen LogP contribution in [0.15, 0.2) is 12.7 Å². The minimum Gasteiger partial charge on any atom is -0.380 e. The SMILES string of the molecule is C=CCCCOCCNC1CC1. The van der Waals surface area contributed by atoms with Gasteiger partial charge in [0.25, 0.3) is 0 Å². The molecule has 1 aliphatic rings. The summed E-state index contributed by atoms with van der Waals surface area (Å²) in [5, 5.41) is 3.40. The highest BCUT2D eigenvalue weighted by atomic mass is 16.5. The molecule has 0 aromatic heterocycles. The summed E-state index contributed by atoms with van der Waals surface area (Å²) in [4.78, 5) is 0. The molecule has 0 saturated heterocycles. The van der Waals surface area contributed by atoms with Gasteiger partial charge in [-0.05, 0) is 25.7 Å². The van der Waals surface area contributed by atoms with Crippen molar-refractivity contribution in [3.8, 4) is 0 Å². The van der Waals surface area contributed by atoms with E-state index in [-0.39, 0.29) is 0 Å². The molecule has 1 fully saturated rings. The Balaban J connectivity index is 1.67. The fourth-order valence-electron chi connectivity index (χ4n) is 1.05. The molecule has 0 heterocycles. The second-order valence-corrected chi connectivity index (χ2v) is 3.27. The van der Waals surface area contributed by atoms with Crippen molar-refractivity contribution in [1.82, 2.24) is 5.32 Å². The minimum absolute atomic E-state index is 0.807. The smallest absolute Gasteiger partial charge is 0.0591 e. The van der Waals surface area contributed by atoms with Crippen molar-refractivity contribution in [2.45, 2.75) is 31.7 Å². The first-order valence-electron chi connectivity index (χ1n) is 4.85. The van der Waals surface area contributed by atoms with Crippen molar-refractivity contribution in [3.63, 3.8) is 0 Å². The van der Waals surface area contributed by atoms with Crippen molar-refractivity contribution in [2.75, 3.05) is 19.8 Å². The lowest BCUT2D eigenvalue weighted by Gasteiger charge is -2.03. The first-order valence-corrected chi connectivity index (χ1v) is 4.85. The van der Waals surface area contributed by atoms with Gasteiger partial charge in [0.2, 0.25) is 0 Å². The normalized spacial score (nSPS) is 16.3. The van der Waals surface area contributed by atoms with Crippen LogP contribution in [0.25, 0.3) is 0 Å². The highest BCUT2D eigenvalue weighted by Gasteiger charge is 2.19. The van der Waals surface area contributed by atoms with E-state index in [1.54, 1.807) is 0 Å². The third kappa shape index (κ3) is 5.33. The number of unbranched alkanes of at least 4 members (excludes halogenated alkanes) is 1. The predicted molar refractivity (Wildman–Crippen MR) is 51.3 cm³/mol. The van der Waals surface area contributed by atoms with Crippen molar-refractivity contribution < 1.29 is 4.74 Å². The molecule has 1 N–H and O–H groups in total. The Kier molecular flexibility index (Phi) is 5.04. The Morgan fingerprint density at radius 2 is 2.25 bits per heavy atom. The molecular weight excluding hydrogens is 150 g/mol. The Hall–Kier alpha value is -0.340. The van der Waals surface area contributed by atoms with Crippen molar-refractivity contribution in [3.05, 3.63) is 12.7 Å². The zero-order valence-electron chi connectivity index (χ0n) is 7.72. The molecule has 1 saturated carbocycles. The predicted octanol–water partition coefficient (Wildman–Crippen LogP) is 1.72. The van der Waals surface area contributed by atoms with Crippen LogP contribution in [0.1, 0.15) is 25.7 Å². The average Bonchev–Trinajstić information content (AvgIpc) is 2.87. The number of hydrogen-bond acceptors (Lipinski definition) is 2. The zero-order chi connectivity index (χ0) is 8.65. The summed E-state index contributed by atoms with van der Waals surface area (Å²) >= 11 is 0. The van der Waals surface area contributed by atoms with Gasteiger partial charge in [-0.3, -0.25) is 0 Å². The third-order valence-corrected chi connectivity index (χ3v) is 1.95. The zero-order valence-corrected chi connectivity index (χ0v) is 7.72. The standard InChI is InChI=1S/C10H19NO/c1-2-3-4-8-12-9-7-11-10-5-6-10/h2,10-11H,1,3-9H2. The first-order chi connectivity index (χ1) is 5.93. The van der Waals surface area contributed by atoms with Gasteiger partial charge in [0.1, 0.15) is 0 Å². The van der Waals surface area contributed by atoms with Crippen LogP contribution in [0.3, 0.4) is 0 Å². The number of ether oxygens (including phenoxy) is 1. The van der Waals surface area contributed by atoms with E-state index in [4.69, 9.17) is 4.74 Å². The molecule has 0 aromatic rings. The van der Waals surface area contributed by atoms with E-state index in [0.717, 1.165) is 38.6 Å². The summed E-state index contributed by atoms with van der Waals surface area (Å²) in [6, 6.07) is 0.807. The molecule has 2 heteroatoms. The van der Waals surface area contributed by atoms with E-state index >= 15 is 0 Å². The molecule has 0 aliphatic heterocycles. The molecule has 0 radical (unpaired) electrons. The van der Waals surface area contributed by atoms with E-state index < -0.39 is 0 Å². The first kappa shape index (κ1) is 9.75. The Morgan fingerprint density at radius 1 is 1.42 bits per heavy atom. The largest absolute Gasteiger partial charge is 0.380 e. The highest BCUT2D eigenvalue weighted by Crippen LogP contribution is 2.17. The summed E-state index contributed by atoms with van der Waals surface area (Å²) in [6.07, 6.45) is 6.82. The lowest BCUT2D eigenvalue weighted by Crippen LogP contribution is -2.21. The van der Waals surface area contributed by atoms with Gasteiger partial charge < -0.3 is 10.1 Å². The summed E-state index contributed by atoms with van der Waals surface area (Å²) in [5.74, 6) is 0. The molecule has 0 unspecified atom stereocenters. The Labute approximate surface area is 75.0 Å². The molecule has 12 heavy (non-hydrogen) atoms. The minimum atomic E-state index is 0.807. The molecule has 2 nitrogen and oxygen atoms in total. The van der Waals surface area contributed by atoms with Crippen LogP contribution in [-0.4, -0.2) is 25.8 Å². The average molecular weight is 169 g/mol. The van der Waals surface area contributed by atoms with Crippen molar-refractivity contribution in [2.24, 2.45) is 0 Å². The van der Waals surface area contributed by atoms with Gasteiger partial charge in [0.15, 0.2) is 0 Å². The van der Waals surface area contributed by atoms with Gasteiger partial charge in [-0.2, -0.15) is 0 Å². The topological polar surface area (TPSA) is 21.3 Å². The van der Waals surface area contributed by atoms with Gasteiger partial charge in [-0.1, -0.05) is 6.08 Å². The van der Waals surface area contributed by atoms with Crippen LogP contribution in [0, 0.1) is 0 Å². The molecule has 70 valence electrons. The van der Waals surface area contributed by atoms with Gasteiger partial charge in [0, 0.05) is 19.2 Å². The number of hydrogen-bond donors (Lipinski definition) is 1. The van der Waals surface area contributed by atoms with Gasteiger partial charge in [0.05, 0.1) is 6.61 Å². The number of nitrogens with one attached hydrogen (secondary N) is 1. The molecule has 0 bridgehead atoms. The van der Waals surface area contributed by atoms with Crippen LogP contribution in [0.2, 0.25) is 0 Å². The van der Waals surface area contributed by atoms with Crippen molar-refractivity contribution in [1.29, 1.82) is 0 Å². The van der Waals surface area contributed by atoms with E-state index in [9.17, 15) is 0 Å². The van der Waals surface area contributed by atoms with Crippen LogP contribution in [0.5, 0.6) is 0 Å². The molecule has 1 aliphatic carbocycles. The Bertz CT molecular complexity index is 121. The Morgan fingerprint density at radius 3 is 2.92 bits per heavy atom. The second kappa shape index (κ2) is 6.21. The van der Waals surface area contributed by atoms with E-state index in [1.165, 1.54) is 12.8 Å². The molecule has 1 rings (SSSR count). The van der Waals surface area contributed by atoms with Gasteiger partial charge in [-0.15, -0.1) is 6.58 Å². The third-order valence-electron chi connectivity index (χ3n) is 1.95. The highest BCUT2D eigenvalue weighted by molar-refractivity contribution is 4.80. The maximum atomic E-state index is 5.40. The summed E-state index contributed by atoms with van der Waals surface area (Å²) < 4.78 is 5.40.